The van der Waals surface area contributed by atoms with Gasteiger partial charge in [0.15, 0.2) is 6.10 Å². The number of rotatable bonds is 53. The molecule has 0 amide bonds. The monoisotopic (exact) mass is 1020 g/mol. The van der Waals surface area contributed by atoms with Crippen LogP contribution in [-0.4, -0.2) is 37.2 Å². The summed E-state index contributed by atoms with van der Waals surface area (Å²) in [6, 6.07) is 0. The van der Waals surface area contributed by atoms with Crippen molar-refractivity contribution in [1.29, 1.82) is 0 Å². The average molecular weight is 1020 g/mol. The van der Waals surface area contributed by atoms with E-state index in [2.05, 4.69) is 154 Å². The molecule has 74 heavy (non-hydrogen) atoms. The van der Waals surface area contributed by atoms with E-state index in [9.17, 15) is 14.4 Å². The lowest BCUT2D eigenvalue weighted by Gasteiger charge is -2.18. The van der Waals surface area contributed by atoms with Crippen LogP contribution in [0.3, 0.4) is 0 Å². The molecule has 0 saturated heterocycles. The van der Waals surface area contributed by atoms with E-state index in [1.54, 1.807) is 0 Å². The van der Waals surface area contributed by atoms with E-state index >= 15 is 0 Å². The van der Waals surface area contributed by atoms with Crippen molar-refractivity contribution in [1.82, 2.24) is 0 Å². The molecule has 6 heteroatoms. The van der Waals surface area contributed by atoms with Crippen LogP contribution in [0.4, 0.5) is 0 Å². The Labute approximate surface area is 455 Å². The van der Waals surface area contributed by atoms with Gasteiger partial charge in [0.2, 0.25) is 0 Å². The number of unbranched alkanes of at least 4 members (excludes halogenated alkanes) is 20. The van der Waals surface area contributed by atoms with Gasteiger partial charge in [-0.1, -0.05) is 244 Å². The lowest BCUT2D eigenvalue weighted by Crippen LogP contribution is -2.30. The first kappa shape index (κ1) is 69.5. The van der Waals surface area contributed by atoms with Gasteiger partial charge in [-0.15, -0.1) is 0 Å². The van der Waals surface area contributed by atoms with Crippen LogP contribution in [0.25, 0.3) is 0 Å². The van der Waals surface area contributed by atoms with Gasteiger partial charge in [-0.05, 0) is 128 Å². The van der Waals surface area contributed by atoms with E-state index in [4.69, 9.17) is 14.2 Å². The Hall–Kier alpha value is -4.45. The highest BCUT2D eigenvalue weighted by atomic mass is 16.6. The predicted octanol–water partition coefficient (Wildman–Crippen LogP) is 20.6. The summed E-state index contributed by atoms with van der Waals surface area (Å²) in [5, 5.41) is 0. The zero-order chi connectivity index (χ0) is 53.6. The Morgan fingerprint density at radius 3 is 0.838 bits per heavy atom. The Kier molecular flexibility index (Phi) is 57.4. The van der Waals surface area contributed by atoms with Crippen LogP contribution in [0.1, 0.15) is 258 Å². The molecule has 0 heterocycles. The van der Waals surface area contributed by atoms with Gasteiger partial charge in [0.1, 0.15) is 13.2 Å². The van der Waals surface area contributed by atoms with Gasteiger partial charge in [-0.25, -0.2) is 0 Å². The van der Waals surface area contributed by atoms with Gasteiger partial charge in [-0.3, -0.25) is 14.4 Å². The molecule has 0 aliphatic carbocycles. The third-order valence-corrected chi connectivity index (χ3v) is 12.4. The van der Waals surface area contributed by atoms with E-state index in [1.807, 2.05) is 0 Å². The highest BCUT2D eigenvalue weighted by Gasteiger charge is 2.19. The van der Waals surface area contributed by atoms with Crippen molar-refractivity contribution in [3.05, 3.63) is 134 Å². The molecule has 0 radical (unpaired) electrons. The van der Waals surface area contributed by atoms with E-state index in [0.717, 1.165) is 161 Å². The molecule has 0 aromatic carbocycles. The summed E-state index contributed by atoms with van der Waals surface area (Å²) in [5.41, 5.74) is 0. The molecular formula is C68H110O6. The molecule has 0 aliphatic heterocycles. The van der Waals surface area contributed by atoms with E-state index in [1.165, 1.54) is 57.8 Å². The second-order valence-electron chi connectivity index (χ2n) is 19.5. The normalized spacial score (nSPS) is 13.1. The third-order valence-electron chi connectivity index (χ3n) is 12.4. The van der Waals surface area contributed by atoms with Crippen LogP contribution < -0.4 is 0 Å². The van der Waals surface area contributed by atoms with Crippen molar-refractivity contribution in [3.63, 3.8) is 0 Å². The fraction of sp³-hybridized carbons (Fsp3) is 0.632. The lowest BCUT2D eigenvalue weighted by molar-refractivity contribution is -0.167. The highest BCUT2D eigenvalue weighted by molar-refractivity contribution is 5.71. The van der Waals surface area contributed by atoms with Crippen molar-refractivity contribution in [3.8, 4) is 0 Å². The molecule has 0 fully saturated rings. The first-order valence-electron chi connectivity index (χ1n) is 30.2. The van der Waals surface area contributed by atoms with E-state index in [0.29, 0.717) is 19.3 Å². The second kappa shape index (κ2) is 61.1. The Balaban J connectivity index is 4.35. The fourth-order valence-electron chi connectivity index (χ4n) is 7.91. The first-order valence-corrected chi connectivity index (χ1v) is 30.2. The smallest absolute Gasteiger partial charge is 0.306 e. The largest absolute Gasteiger partial charge is 0.462 e. The maximum Gasteiger partial charge on any atom is 0.306 e. The number of hydrogen-bond donors (Lipinski definition) is 0. The van der Waals surface area contributed by atoms with Crippen molar-refractivity contribution in [2.75, 3.05) is 13.2 Å². The molecule has 0 aromatic heterocycles. The van der Waals surface area contributed by atoms with Crippen molar-refractivity contribution < 1.29 is 28.6 Å². The maximum atomic E-state index is 12.9. The minimum Gasteiger partial charge on any atom is -0.462 e. The van der Waals surface area contributed by atoms with Gasteiger partial charge >= 0.3 is 17.9 Å². The van der Waals surface area contributed by atoms with Crippen LogP contribution in [0.2, 0.25) is 0 Å². The molecular weight excluding hydrogens is 913 g/mol. The van der Waals surface area contributed by atoms with E-state index < -0.39 is 6.10 Å². The van der Waals surface area contributed by atoms with Crippen LogP contribution in [0.5, 0.6) is 0 Å². The molecule has 1 atom stereocenters. The van der Waals surface area contributed by atoms with Gasteiger partial charge in [-0.2, -0.15) is 0 Å². The number of carbonyl (C=O) groups is 3. The second-order valence-corrected chi connectivity index (χ2v) is 19.5. The van der Waals surface area contributed by atoms with Crippen LogP contribution in [-0.2, 0) is 28.6 Å². The number of hydrogen-bond acceptors (Lipinski definition) is 6. The predicted molar refractivity (Wildman–Crippen MR) is 320 cm³/mol. The molecule has 0 aliphatic rings. The minimum atomic E-state index is -0.797. The Morgan fingerprint density at radius 1 is 0.284 bits per heavy atom. The van der Waals surface area contributed by atoms with Gasteiger partial charge in [0.05, 0.1) is 0 Å². The number of ether oxygens (including phenoxy) is 3. The number of carbonyl (C=O) groups excluding carboxylic acids is 3. The van der Waals surface area contributed by atoms with Gasteiger partial charge in [0.25, 0.3) is 0 Å². The summed E-state index contributed by atoms with van der Waals surface area (Å²) in [4.78, 5) is 38.2. The van der Waals surface area contributed by atoms with Crippen molar-refractivity contribution >= 4 is 17.9 Å². The SMILES string of the molecule is CC/C=C\C/C=C\C/C=C\C/C=C\C/C=C\C/C=C\CCCCCCCCC(=O)OCC(COC(=O)CCCCCCC/C=C\CCC)OC(=O)CCCCCCCCCC/C=C\C/C=C\C/C=C\C/C=C\CC. The third kappa shape index (κ3) is 58.4. The molecule has 0 bridgehead atoms. The molecule has 1 unspecified atom stereocenters. The molecule has 418 valence electrons. The summed E-state index contributed by atoms with van der Waals surface area (Å²) >= 11 is 0. The standard InChI is InChI=1S/C68H110O6/c1-4-7-10-13-16-19-22-24-26-28-30-32-33-34-35-37-38-40-42-44-46-49-52-55-58-61-67(70)73-64-65(63-72-66(69)60-57-54-51-48-21-18-15-12-9-6-3)74-68(71)62-59-56-53-50-47-45-43-41-39-36-31-29-27-25-23-20-17-14-11-8-5-2/h7-8,10-12,15-17,19-20,24-27,30-32,34-36,38,40,65H,4-6,9,13-14,18,21-23,28-29,33,37,39,41-64H2,1-3H3/b10-7-,11-8-,15-12-,19-16-,20-17-,26-24-,27-25-,32-30-,35-34-,36-31-,40-38-. The molecule has 6 nitrogen and oxygen atoms in total. The highest BCUT2D eigenvalue weighted by Crippen LogP contribution is 2.14. The van der Waals surface area contributed by atoms with E-state index in [-0.39, 0.29) is 31.1 Å². The lowest BCUT2D eigenvalue weighted by atomic mass is 10.1. The zero-order valence-electron chi connectivity index (χ0n) is 47.8. The van der Waals surface area contributed by atoms with Gasteiger partial charge < -0.3 is 14.2 Å². The Bertz CT molecular complexity index is 1600. The average Bonchev–Trinajstić information content (AvgIpc) is 3.40. The molecule has 0 saturated carbocycles. The molecule has 0 N–H and O–H groups in total. The minimum absolute atomic E-state index is 0.0944. The van der Waals surface area contributed by atoms with Crippen LogP contribution in [0.15, 0.2) is 134 Å². The summed E-state index contributed by atoms with van der Waals surface area (Å²) in [7, 11) is 0. The topological polar surface area (TPSA) is 78.9 Å². The summed E-state index contributed by atoms with van der Waals surface area (Å²) in [5.74, 6) is -0.930. The maximum absolute atomic E-state index is 12.9. The van der Waals surface area contributed by atoms with Crippen LogP contribution >= 0.6 is 0 Å². The first-order chi connectivity index (χ1) is 36.5. The van der Waals surface area contributed by atoms with Crippen molar-refractivity contribution in [2.24, 2.45) is 0 Å². The number of esters is 3. The molecule has 0 rings (SSSR count). The zero-order valence-corrected chi connectivity index (χ0v) is 47.8. The van der Waals surface area contributed by atoms with Gasteiger partial charge in [0, 0.05) is 19.3 Å². The number of allylic oxidation sites excluding steroid dienone is 22. The quantitative estimate of drug-likeness (QED) is 0.0261. The summed E-state index contributed by atoms with van der Waals surface area (Å²) in [6.07, 6.45) is 85.9. The Morgan fingerprint density at radius 2 is 0.527 bits per heavy atom. The van der Waals surface area contributed by atoms with Crippen LogP contribution in [0, 0.1) is 0 Å². The molecule has 0 spiro atoms. The summed E-state index contributed by atoms with van der Waals surface area (Å²) < 4.78 is 16.8. The fourth-order valence-corrected chi connectivity index (χ4v) is 7.91. The molecule has 0 aromatic rings. The van der Waals surface area contributed by atoms with Crippen molar-refractivity contribution in [2.45, 2.75) is 264 Å². The summed E-state index contributed by atoms with van der Waals surface area (Å²) in [6.45, 7) is 6.32.